The number of ether oxygens (including phenoxy) is 1. The first-order chi connectivity index (χ1) is 10.7. The fourth-order valence-corrected chi connectivity index (χ4v) is 2.62. The Bertz CT molecular complexity index is 518. The van der Waals surface area contributed by atoms with Crippen LogP contribution in [0.4, 0.5) is 4.79 Å². The molecule has 2 aliphatic heterocycles. The standard InChI is InChI=1S/C15H18N2O2.CH2O2/c18-15-17-10-9-16(11-14(17)12-19-15)8-4-7-13-5-2-1-3-6-13;2-1-3/h1-7,14H,8-12H2;1H,(H,2,3). The summed E-state index contributed by atoms with van der Waals surface area (Å²) in [6, 6.07) is 10.5. The van der Waals surface area contributed by atoms with E-state index in [9.17, 15) is 4.79 Å². The summed E-state index contributed by atoms with van der Waals surface area (Å²) in [5.74, 6) is 0. The second-order valence-electron chi connectivity index (χ2n) is 5.10. The fourth-order valence-electron chi connectivity index (χ4n) is 2.62. The predicted octanol–water partition coefficient (Wildman–Crippen LogP) is 1.54. The number of rotatable bonds is 3. The highest BCUT2D eigenvalue weighted by Crippen LogP contribution is 2.17. The molecule has 1 atom stereocenters. The third-order valence-electron chi connectivity index (χ3n) is 3.67. The lowest BCUT2D eigenvalue weighted by Crippen LogP contribution is -2.51. The van der Waals surface area contributed by atoms with Crippen molar-refractivity contribution in [1.29, 1.82) is 0 Å². The molecular weight excluding hydrogens is 284 g/mol. The number of benzene rings is 1. The van der Waals surface area contributed by atoms with Crippen molar-refractivity contribution in [3.8, 4) is 0 Å². The van der Waals surface area contributed by atoms with Crippen LogP contribution < -0.4 is 0 Å². The molecule has 1 N–H and O–H groups in total. The van der Waals surface area contributed by atoms with Gasteiger partial charge in [0.2, 0.25) is 0 Å². The van der Waals surface area contributed by atoms with Gasteiger partial charge in [-0.15, -0.1) is 0 Å². The molecule has 1 aromatic carbocycles. The van der Waals surface area contributed by atoms with Gasteiger partial charge in [0.15, 0.2) is 0 Å². The number of carbonyl (C=O) groups excluding carboxylic acids is 1. The zero-order valence-electron chi connectivity index (χ0n) is 12.3. The molecule has 0 aromatic heterocycles. The fraction of sp³-hybridized carbons (Fsp3) is 0.375. The van der Waals surface area contributed by atoms with Gasteiger partial charge in [0.05, 0.1) is 6.04 Å². The Morgan fingerprint density at radius 2 is 2.00 bits per heavy atom. The number of carbonyl (C=O) groups is 2. The number of hydrogen-bond donors (Lipinski definition) is 1. The van der Waals surface area contributed by atoms with Crippen LogP contribution in [0.3, 0.4) is 0 Å². The van der Waals surface area contributed by atoms with Gasteiger partial charge in [-0.05, 0) is 5.56 Å². The zero-order valence-corrected chi connectivity index (χ0v) is 12.3. The second-order valence-corrected chi connectivity index (χ2v) is 5.10. The molecule has 1 aromatic rings. The molecule has 22 heavy (non-hydrogen) atoms. The Morgan fingerprint density at radius 1 is 1.27 bits per heavy atom. The second kappa shape index (κ2) is 8.19. The van der Waals surface area contributed by atoms with Crippen LogP contribution in [0.5, 0.6) is 0 Å². The van der Waals surface area contributed by atoms with Crippen molar-refractivity contribution < 1.29 is 19.4 Å². The Balaban J connectivity index is 0.000000545. The van der Waals surface area contributed by atoms with Crippen LogP contribution in [0.1, 0.15) is 5.56 Å². The van der Waals surface area contributed by atoms with Gasteiger partial charge in [0.1, 0.15) is 6.61 Å². The molecule has 0 saturated carbocycles. The molecule has 6 nitrogen and oxygen atoms in total. The molecule has 0 bridgehead atoms. The van der Waals surface area contributed by atoms with E-state index in [1.165, 1.54) is 5.56 Å². The molecular formula is C16H20N2O4. The average molecular weight is 304 g/mol. The number of fused-ring (bicyclic) bond motifs is 1. The first-order valence-corrected chi connectivity index (χ1v) is 7.19. The van der Waals surface area contributed by atoms with Crippen LogP contribution in [0.25, 0.3) is 6.08 Å². The van der Waals surface area contributed by atoms with Crippen LogP contribution >= 0.6 is 0 Å². The number of piperazine rings is 1. The van der Waals surface area contributed by atoms with E-state index in [0.29, 0.717) is 6.61 Å². The third-order valence-corrected chi connectivity index (χ3v) is 3.67. The Labute approximate surface area is 129 Å². The Morgan fingerprint density at radius 3 is 2.73 bits per heavy atom. The van der Waals surface area contributed by atoms with Crippen LogP contribution in [-0.2, 0) is 9.53 Å². The quantitative estimate of drug-likeness (QED) is 0.858. The minimum Gasteiger partial charge on any atom is -0.483 e. The normalized spacial score (nSPS) is 21.0. The lowest BCUT2D eigenvalue weighted by molar-refractivity contribution is -0.122. The van der Waals surface area contributed by atoms with Crippen LogP contribution in [0.15, 0.2) is 36.4 Å². The van der Waals surface area contributed by atoms with Gasteiger partial charge >= 0.3 is 6.09 Å². The molecule has 1 unspecified atom stereocenters. The lowest BCUT2D eigenvalue weighted by atomic mass is 10.2. The topological polar surface area (TPSA) is 70.1 Å². The van der Waals surface area contributed by atoms with Gasteiger partial charge in [-0.2, -0.15) is 0 Å². The van der Waals surface area contributed by atoms with Crippen molar-refractivity contribution in [2.45, 2.75) is 6.04 Å². The molecule has 3 rings (SSSR count). The molecule has 2 aliphatic rings. The number of amides is 1. The molecule has 0 spiro atoms. The lowest BCUT2D eigenvalue weighted by Gasteiger charge is -2.34. The number of nitrogens with zero attached hydrogens (tertiary/aromatic N) is 2. The van der Waals surface area contributed by atoms with E-state index < -0.39 is 0 Å². The summed E-state index contributed by atoms with van der Waals surface area (Å²) in [7, 11) is 0. The van der Waals surface area contributed by atoms with E-state index >= 15 is 0 Å². The van der Waals surface area contributed by atoms with Gasteiger partial charge < -0.3 is 9.84 Å². The SMILES string of the molecule is O=C1OCC2CN(CC=Cc3ccccc3)CCN12.O=CO. The number of cyclic esters (lactones) is 1. The summed E-state index contributed by atoms with van der Waals surface area (Å²) >= 11 is 0. The summed E-state index contributed by atoms with van der Waals surface area (Å²) in [6.07, 6.45) is 4.18. The van der Waals surface area contributed by atoms with Crippen LogP contribution in [-0.4, -0.2) is 66.3 Å². The summed E-state index contributed by atoms with van der Waals surface area (Å²) in [6.45, 7) is 3.82. The van der Waals surface area contributed by atoms with E-state index in [1.54, 1.807) is 0 Å². The molecule has 6 heteroatoms. The van der Waals surface area contributed by atoms with Crippen LogP contribution in [0.2, 0.25) is 0 Å². The van der Waals surface area contributed by atoms with Gasteiger partial charge in [0, 0.05) is 26.2 Å². The molecule has 2 heterocycles. The monoisotopic (exact) mass is 304 g/mol. The van der Waals surface area contributed by atoms with Crippen molar-refractivity contribution in [3.05, 3.63) is 42.0 Å². The van der Waals surface area contributed by atoms with Crippen molar-refractivity contribution in [2.75, 3.05) is 32.8 Å². The number of hydrogen-bond acceptors (Lipinski definition) is 4. The van der Waals surface area contributed by atoms with E-state index in [2.05, 4.69) is 29.2 Å². The Hall–Kier alpha value is -2.34. The van der Waals surface area contributed by atoms with Crippen LogP contribution in [0, 0.1) is 0 Å². The van der Waals surface area contributed by atoms with E-state index in [-0.39, 0.29) is 18.6 Å². The van der Waals surface area contributed by atoms with Crippen molar-refractivity contribution in [3.63, 3.8) is 0 Å². The third kappa shape index (κ3) is 4.33. The average Bonchev–Trinajstić information content (AvgIpc) is 2.90. The molecule has 2 fully saturated rings. The van der Waals surface area contributed by atoms with Gasteiger partial charge in [0.25, 0.3) is 6.47 Å². The predicted molar refractivity (Wildman–Crippen MR) is 82.5 cm³/mol. The summed E-state index contributed by atoms with van der Waals surface area (Å²) in [4.78, 5) is 24.0. The first-order valence-electron chi connectivity index (χ1n) is 7.19. The van der Waals surface area contributed by atoms with E-state index in [1.807, 2.05) is 23.1 Å². The maximum atomic E-state index is 11.4. The first kappa shape index (κ1) is 16.0. The van der Waals surface area contributed by atoms with Crippen molar-refractivity contribution >= 4 is 18.6 Å². The molecule has 0 radical (unpaired) electrons. The highest BCUT2D eigenvalue weighted by molar-refractivity contribution is 5.70. The van der Waals surface area contributed by atoms with Crippen molar-refractivity contribution in [2.24, 2.45) is 0 Å². The molecule has 2 saturated heterocycles. The minimum atomic E-state index is -0.250. The number of carboxylic acid groups (broad SMARTS) is 1. The van der Waals surface area contributed by atoms with Gasteiger partial charge in [-0.25, -0.2) is 4.79 Å². The maximum absolute atomic E-state index is 11.4. The molecule has 0 aliphatic carbocycles. The summed E-state index contributed by atoms with van der Waals surface area (Å²) < 4.78 is 5.06. The van der Waals surface area contributed by atoms with E-state index in [4.69, 9.17) is 14.6 Å². The van der Waals surface area contributed by atoms with Gasteiger partial charge in [-0.1, -0.05) is 42.5 Å². The summed E-state index contributed by atoms with van der Waals surface area (Å²) in [5, 5.41) is 6.89. The molecule has 1 amide bonds. The molecule has 118 valence electrons. The summed E-state index contributed by atoms with van der Waals surface area (Å²) in [5.41, 5.74) is 1.22. The maximum Gasteiger partial charge on any atom is 0.410 e. The zero-order chi connectivity index (χ0) is 15.8. The van der Waals surface area contributed by atoms with Crippen molar-refractivity contribution in [1.82, 2.24) is 9.80 Å². The highest BCUT2D eigenvalue weighted by Gasteiger charge is 2.36. The largest absolute Gasteiger partial charge is 0.483 e. The van der Waals surface area contributed by atoms with Gasteiger partial charge in [-0.3, -0.25) is 14.6 Å². The van der Waals surface area contributed by atoms with E-state index in [0.717, 1.165) is 26.2 Å². The highest BCUT2D eigenvalue weighted by atomic mass is 16.6. The smallest absolute Gasteiger partial charge is 0.410 e. The minimum absolute atomic E-state index is 0.149. The Kier molecular flexibility index (Phi) is 5.97.